The number of ether oxygens (including phenoxy) is 1. The maximum absolute atomic E-state index is 12.5. The minimum Gasteiger partial charge on any atom is -0.372 e. The van der Waals surface area contributed by atoms with E-state index in [2.05, 4.69) is 29.1 Å². The van der Waals surface area contributed by atoms with Gasteiger partial charge in [0.25, 0.3) is 0 Å². The summed E-state index contributed by atoms with van der Waals surface area (Å²) in [4.78, 5) is 25.1. The molecule has 1 aliphatic rings. The summed E-state index contributed by atoms with van der Waals surface area (Å²) in [5.41, 5.74) is 1.18. The second-order valence-electron chi connectivity index (χ2n) is 6.10. The van der Waals surface area contributed by atoms with Gasteiger partial charge in [0, 0.05) is 18.0 Å². The van der Waals surface area contributed by atoms with Crippen LogP contribution in [0.5, 0.6) is 0 Å². The van der Waals surface area contributed by atoms with E-state index >= 15 is 0 Å². The van der Waals surface area contributed by atoms with Gasteiger partial charge in [-0.25, -0.2) is 9.97 Å². The third-order valence-corrected chi connectivity index (χ3v) is 5.26. The van der Waals surface area contributed by atoms with Crippen LogP contribution in [0.15, 0.2) is 6.33 Å². The number of aromatic nitrogens is 2. The van der Waals surface area contributed by atoms with Crippen molar-refractivity contribution in [3.63, 3.8) is 0 Å². The van der Waals surface area contributed by atoms with Crippen molar-refractivity contribution in [2.45, 2.75) is 39.9 Å². The van der Waals surface area contributed by atoms with Gasteiger partial charge in [-0.3, -0.25) is 4.79 Å². The van der Waals surface area contributed by atoms with Gasteiger partial charge in [-0.1, -0.05) is 0 Å². The maximum Gasteiger partial charge on any atom is 0.242 e. The summed E-state index contributed by atoms with van der Waals surface area (Å²) >= 11 is 1.65. The number of morpholine rings is 1. The molecule has 1 N–H and O–H groups in total. The predicted octanol–water partition coefficient (Wildman–Crippen LogP) is 2.36. The topological polar surface area (TPSA) is 67.4 Å². The highest BCUT2D eigenvalue weighted by atomic mass is 32.1. The van der Waals surface area contributed by atoms with Crippen molar-refractivity contribution in [2.24, 2.45) is 0 Å². The van der Waals surface area contributed by atoms with Crippen molar-refractivity contribution in [3.8, 4) is 0 Å². The molecule has 6 nitrogen and oxygen atoms in total. The van der Waals surface area contributed by atoms with Crippen LogP contribution in [-0.2, 0) is 9.53 Å². The summed E-state index contributed by atoms with van der Waals surface area (Å²) in [6, 6.07) is 0. The van der Waals surface area contributed by atoms with E-state index in [1.807, 2.05) is 18.7 Å². The molecule has 3 rings (SSSR count). The molecule has 7 heteroatoms. The first kappa shape index (κ1) is 16.1. The standard InChI is InChI=1S/C16H22N4O2S/c1-9-6-20(7-10(2)22-9)13(21)5-17-15-14-11(3)12(4)23-16(14)19-8-18-15/h8-10H,5-7H2,1-4H3,(H,17,18,19). The summed E-state index contributed by atoms with van der Waals surface area (Å²) in [7, 11) is 0. The molecule has 0 aromatic carbocycles. The number of carbonyl (C=O) groups is 1. The SMILES string of the molecule is Cc1sc2ncnc(NCC(=O)N3CC(C)OC(C)C3)c2c1C. The second kappa shape index (κ2) is 6.41. The van der Waals surface area contributed by atoms with Gasteiger partial charge in [0.05, 0.1) is 24.1 Å². The summed E-state index contributed by atoms with van der Waals surface area (Å²) in [6.07, 6.45) is 1.70. The largest absolute Gasteiger partial charge is 0.372 e. The quantitative estimate of drug-likeness (QED) is 0.933. The van der Waals surface area contributed by atoms with Crippen molar-refractivity contribution >= 4 is 33.3 Å². The second-order valence-corrected chi connectivity index (χ2v) is 7.30. The highest BCUT2D eigenvalue weighted by Gasteiger charge is 2.25. The van der Waals surface area contributed by atoms with Crippen LogP contribution in [0, 0.1) is 13.8 Å². The summed E-state index contributed by atoms with van der Waals surface area (Å²) in [5.74, 6) is 0.808. The zero-order chi connectivity index (χ0) is 16.6. The third kappa shape index (κ3) is 3.30. The smallest absolute Gasteiger partial charge is 0.242 e. The molecule has 2 unspecified atom stereocenters. The molecule has 2 aromatic rings. The zero-order valence-electron chi connectivity index (χ0n) is 13.9. The van der Waals surface area contributed by atoms with Crippen LogP contribution < -0.4 is 5.32 Å². The Bertz CT molecular complexity index is 720. The fraction of sp³-hybridized carbons (Fsp3) is 0.562. The van der Waals surface area contributed by atoms with Crippen molar-refractivity contribution in [3.05, 3.63) is 16.8 Å². The van der Waals surface area contributed by atoms with Crippen LogP contribution in [0.25, 0.3) is 10.2 Å². The fourth-order valence-corrected chi connectivity index (χ4v) is 3.97. The van der Waals surface area contributed by atoms with E-state index in [0.717, 1.165) is 16.0 Å². The first-order valence-electron chi connectivity index (χ1n) is 7.83. The van der Waals surface area contributed by atoms with Gasteiger partial charge >= 0.3 is 0 Å². The normalized spacial score (nSPS) is 21.7. The Kier molecular flexibility index (Phi) is 4.50. The van der Waals surface area contributed by atoms with Crippen molar-refractivity contribution in [1.29, 1.82) is 0 Å². The fourth-order valence-electron chi connectivity index (χ4n) is 2.97. The molecule has 2 aromatic heterocycles. The number of nitrogens with one attached hydrogen (secondary N) is 1. The van der Waals surface area contributed by atoms with E-state index in [1.54, 1.807) is 17.7 Å². The maximum atomic E-state index is 12.5. The van der Waals surface area contributed by atoms with Crippen LogP contribution in [0.1, 0.15) is 24.3 Å². The number of anilines is 1. The van der Waals surface area contributed by atoms with Gasteiger partial charge < -0.3 is 15.0 Å². The number of aryl methyl sites for hydroxylation is 2. The summed E-state index contributed by atoms with van der Waals surface area (Å²) in [5, 5.41) is 4.21. The van der Waals surface area contributed by atoms with Crippen molar-refractivity contribution < 1.29 is 9.53 Å². The molecule has 0 radical (unpaired) electrons. The van der Waals surface area contributed by atoms with Crippen LogP contribution in [0.2, 0.25) is 0 Å². The number of nitrogens with zero attached hydrogens (tertiary/aromatic N) is 3. The molecule has 1 saturated heterocycles. The number of thiophene rings is 1. The Balaban J connectivity index is 1.72. The van der Waals surface area contributed by atoms with Crippen LogP contribution in [0.4, 0.5) is 5.82 Å². The molecule has 124 valence electrons. The van der Waals surface area contributed by atoms with Gasteiger partial charge in [0.15, 0.2) is 0 Å². The lowest BCUT2D eigenvalue weighted by Crippen LogP contribution is -2.49. The molecule has 2 atom stereocenters. The predicted molar refractivity (Wildman–Crippen MR) is 92.0 cm³/mol. The number of carbonyl (C=O) groups excluding carboxylic acids is 1. The Morgan fingerprint density at radius 1 is 1.35 bits per heavy atom. The van der Waals surface area contributed by atoms with Crippen molar-refractivity contribution in [2.75, 3.05) is 25.0 Å². The molecule has 1 amide bonds. The van der Waals surface area contributed by atoms with E-state index in [0.29, 0.717) is 13.1 Å². The average Bonchev–Trinajstić information content (AvgIpc) is 2.79. The first-order chi connectivity index (χ1) is 11.0. The molecule has 0 saturated carbocycles. The third-order valence-electron chi connectivity index (χ3n) is 4.14. The van der Waals surface area contributed by atoms with E-state index in [-0.39, 0.29) is 24.7 Å². The molecule has 0 spiro atoms. The molecule has 3 heterocycles. The molecule has 0 bridgehead atoms. The molecular weight excluding hydrogens is 312 g/mol. The van der Waals surface area contributed by atoms with E-state index in [4.69, 9.17) is 4.74 Å². The molecule has 23 heavy (non-hydrogen) atoms. The minimum absolute atomic E-state index is 0.0726. The van der Waals surface area contributed by atoms with E-state index in [1.165, 1.54) is 10.4 Å². The Hall–Kier alpha value is -1.73. The minimum atomic E-state index is 0.0726. The van der Waals surface area contributed by atoms with Crippen LogP contribution in [0.3, 0.4) is 0 Å². The monoisotopic (exact) mass is 334 g/mol. The van der Waals surface area contributed by atoms with Crippen LogP contribution >= 0.6 is 11.3 Å². The number of amides is 1. The van der Waals surface area contributed by atoms with Gasteiger partial charge in [-0.2, -0.15) is 0 Å². The molecule has 1 aliphatic heterocycles. The molecule has 0 aliphatic carbocycles. The first-order valence-corrected chi connectivity index (χ1v) is 8.65. The number of fused-ring (bicyclic) bond motifs is 1. The highest BCUT2D eigenvalue weighted by Crippen LogP contribution is 2.32. The van der Waals surface area contributed by atoms with E-state index in [9.17, 15) is 4.79 Å². The number of hydrogen-bond acceptors (Lipinski definition) is 6. The zero-order valence-corrected chi connectivity index (χ0v) is 14.7. The lowest BCUT2D eigenvalue weighted by molar-refractivity contribution is -0.141. The average molecular weight is 334 g/mol. The van der Waals surface area contributed by atoms with Gasteiger partial charge in [0.1, 0.15) is 17.0 Å². The van der Waals surface area contributed by atoms with Gasteiger partial charge in [-0.05, 0) is 33.3 Å². The van der Waals surface area contributed by atoms with E-state index < -0.39 is 0 Å². The van der Waals surface area contributed by atoms with Crippen LogP contribution in [-0.4, -0.2) is 52.6 Å². The van der Waals surface area contributed by atoms with Gasteiger partial charge in [0.2, 0.25) is 5.91 Å². The molecule has 1 fully saturated rings. The Morgan fingerprint density at radius 2 is 2.04 bits per heavy atom. The number of rotatable bonds is 3. The van der Waals surface area contributed by atoms with Crippen molar-refractivity contribution in [1.82, 2.24) is 14.9 Å². The van der Waals surface area contributed by atoms with Gasteiger partial charge in [-0.15, -0.1) is 11.3 Å². The number of hydrogen-bond donors (Lipinski definition) is 1. The Morgan fingerprint density at radius 3 is 2.74 bits per heavy atom. The lowest BCUT2D eigenvalue weighted by atomic mass is 10.2. The highest BCUT2D eigenvalue weighted by molar-refractivity contribution is 7.18. The Labute approximate surface area is 139 Å². The lowest BCUT2D eigenvalue weighted by Gasteiger charge is -2.35. The summed E-state index contributed by atoms with van der Waals surface area (Å²) < 4.78 is 5.67. The molecular formula is C16H22N4O2S. The summed E-state index contributed by atoms with van der Waals surface area (Å²) in [6.45, 7) is 9.65.